The molecule has 4 heteroatoms. The molecule has 0 radical (unpaired) electrons. The number of nitrogens with one attached hydrogen (secondary N) is 1. The number of halogens is 2. The summed E-state index contributed by atoms with van der Waals surface area (Å²) in [4.78, 5) is 0. The molecule has 1 aliphatic rings. The van der Waals surface area contributed by atoms with Crippen LogP contribution < -0.4 is 10.1 Å². The van der Waals surface area contributed by atoms with Gasteiger partial charge in [-0.05, 0) is 48.6 Å². The average Bonchev–Trinajstić information content (AvgIpc) is 2.45. The minimum absolute atomic E-state index is 0.497. The van der Waals surface area contributed by atoms with Gasteiger partial charge < -0.3 is 10.1 Å². The Hall–Kier alpha value is -1.38. The van der Waals surface area contributed by atoms with Crippen molar-refractivity contribution in [3.05, 3.63) is 58.1 Å². The monoisotopic (exact) mass is 321 g/mol. The fraction of sp³-hybridized carbons (Fsp3) is 0.294. The Balaban J connectivity index is 1.58. The van der Waals surface area contributed by atoms with Crippen LogP contribution in [0.25, 0.3) is 0 Å². The lowest BCUT2D eigenvalue weighted by Crippen LogP contribution is -2.33. The summed E-state index contributed by atoms with van der Waals surface area (Å²) in [5.41, 5.74) is 2.42. The maximum Gasteiger partial charge on any atom is 0.139 e. The Kier molecular flexibility index (Phi) is 4.27. The Morgan fingerprint density at radius 3 is 2.43 bits per heavy atom. The van der Waals surface area contributed by atoms with Crippen molar-refractivity contribution in [3.63, 3.8) is 0 Å². The minimum Gasteiger partial charge on any atom is -0.495 e. The molecule has 1 fully saturated rings. The van der Waals surface area contributed by atoms with E-state index in [1.165, 1.54) is 5.56 Å². The van der Waals surface area contributed by atoms with Crippen LogP contribution in [-0.4, -0.2) is 13.2 Å². The highest BCUT2D eigenvalue weighted by molar-refractivity contribution is 6.32. The number of methoxy groups -OCH3 is 1. The normalized spacial score (nSPS) is 20.7. The smallest absolute Gasteiger partial charge is 0.139 e. The Labute approximate surface area is 135 Å². The van der Waals surface area contributed by atoms with Gasteiger partial charge in [0.2, 0.25) is 0 Å². The number of rotatable bonds is 4. The summed E-state index contributed by atoms with van der Waals surface area (Å²) in [6, 6.07) is 14.4. The molecule has 110 valence electrons. The lowest BCUT2D eigenvalue weighted by atomic mass is 9.76. The molecule has 2 aromatic rings. The highest BCUT2D eigenvalue weighted by Crippen LogP contribution is 2.39. The topological polar surface area (TPSA) is 21.3 Å². The summed E-state index contributed by atoms with van der Waals surface area (Å²) >= 11 is 12.0. The van der Waals surface area contributed by atoms with E-state index in [-0.39, 0.29) is 0 Å². The minimum atomic E-state index is 0.497. The van der Waals surface area contributed by atoms with Gasteiger partial charge in [0.15, 0.2) is 0 Å². The third-order valence-corrected chi connectivity index (χ3v) is 4.57. The van der Waals surface area contributed by atoms with Crippen LogP contribution in [0.15, 0.2) is 42.5 Å². The molecule has 0 saturated heterocycles. The number of hydrogen-bond donors (Lipinski definition) is 1. The molecule has 0 aliphatic heterocycles. The van der Waals surface area contributed by atoms with Crippen LogP contribution in [0.3, 0.4) is 0 Å². The third kappa shape index (κ3) is 3.28. The van der Waals surface area contributed by atoms with Crippen molar-refractivity contribution in [1.82, 2.24) is 0 Å². The molecule has 0 heterocycles. The maximum atomic E-state index is 6.03. The molecule has 0 aromatic heterocycles. The number of ether oxygens (including phenoxy) is 1. The quantitative estimate of drug-likeness (QED) is 0.818. The molecular formula is C17H17Cl2NO. The van der Waals surface area contributed by atoms with E-state index in [1.807, 2.05) is 30.3 Å². The molecule has 0 spiro atoms. The lowest BCUT2D eigenvalue weighted by Gasteiger charge is -2.37. The molecule has 0 unspecified atom stereocenters. The molecule has 1 aliphatic carbocycles. The van der Waals surface area contributed by atoms with E-state index in [9.17, 15) is 0 Å². The van der Waals surface area contributed by atoms with E-state index < -0.39 is 0 Å². The summed E-state index contributed by atoms with van der Waals surface area (Å²) in [7, 11) is 1.63. The van der Waals surface area contributed by atoms with Crippen LogP contribution >= 0.6 is 23.2 Å². The largest absolute Gasteiger partial charge is 0.495 e. The Bertz CT molecular complexity index is 621. The van der Waals surface area contributed by atoms with Crippen molar-refractivity contribution >= 4 is 28.9 Å². The molecule has 21 heavy (non-hydrogen) atoms. The van der Waals surface area contributed by atoms with E-state index in [2.05, 4.69) is 17.4 Å². The average molecular weight is 322 g/mol. The van der Waals surface area contributed by atoms with Crippen LogP contribution in [-0.2, 0) is 0 Å². The maximum absolute atomic E-state index is 6.03. The SMILES string of the molecule is COc1cc(NC2CC(c3ccc(Cl)cc3)C2)ccc1Cl. The summed E-state index contributed by atoms with van der Waals surface area (Å²) in [6.45, 7) is 0. The van der Waals surface area contributed by atoms with E-state index in [0.717, 1.165) is 23.6 Å². The van der Waals surface area contributed by atoms with Gasteiger partial charge in [-0.2, -0.15) is 0 Å². The number of hydrogen-bond acceptors (Lipinski definition) is 2. The van der Waals surface area contributed by atoms with E-state index in [0.29, 0.717) is 22.7 Å². The zero-order chi connectivity index (χ0) is 14.8. The summed E-state index contributed by atoms with van der Waals surface area (Å²) < 4.78 is 5.24. The van der Waals surface area contributed by atoms with E-state index in [4.69, 9.17) is 27.9 Å². The van der Waals surface area contributed by atoms with Gasteiger partial charge in [0.1, 0.15) is 5.75 Å². The molecule has 2 aromatic carbocycles. The van der Waals surface area contributed by atoms with Crippen molar-refractivity contribution in [2.24, 2.45) is 0 Å². The van der Waals surface area contributed by atoms with Gasteiger partial charge in [-0.15, -0.1) is 0 Å². The van der Waals surface area contributed by atoms with Crippen molar-refractivity contribution < 1.29 is 4.74 Å². The molecule has 1 saturated carbocycles. The zero-order valence-electron chi connectivity index (χ0n) is 11.8. The first-order valence-electron chi connectivity index (χ1n) is 7.01. The summed E-state index contributed by atoms with van der Waals surface area (Å²) in [6.07, 6.45) is 2.26. The van der Waals surface area contributed by atoms with Crippen molar-refractivity contribution in [2.45, 2.75) is 24.8 Å². The van der Waals surface area contributed by atoms with Gasteiger partial charge in [0.05, 0.1) is 12.1 Å². The standard InChI is InChI=1S/C17H17Cl2NO/c1-21-17-10-14(6-7-16(17)19)20-15-8-12(9-15)11-2-4-13(18)5-3-11/h2-7,10,12,15,20H,8-9H2,1H3. The van der Waals surface area contributed by atoms with Gasteiger partial charge in [0, 0.05) is 22.8 Å². The molecule has 1 N–H and O–H groups in total. The van der Waals surface area contributed by atoms with Crippen molar-refractivity contribution in [1.29, 1.82) is 0 Å². The Morgan fingerprint density at radius 1 is 1.05 bits per heavy atom. The molecule has 2 nitrogen and oxygen atoms in total. The van der Waals surface area contributed by atoms with Crippen LogP contribution in [0.4, 0.5) is 5.69 Å². The van der Waals surface area contributed by atoms with Gasteiger partial charge in [-0.25, -0.2) is 0 Å². The number of anilines is 1. The summed E-state index contributed by atoms with van der Waals surface area (Å²) in [5, 5.41) is 4.95. The zero-order valence-corrected chi connectivity index (χ0v) is 13.3. The van der Waals surface area contributed by atoms with Gasteiger partial charge in [0.25, 0.3) is 0 Å². The molecule has 0 amide bonds. The predicted molar refractivity (Wildman–Crippen MR) is 88.8 cm³/mol. The highest BCUT2D eigenvalue weighted by atomic mass is 35.5. The number of benzene rings is 2. The first kappa shape index (κ1) is 14.6. The van der Waals surface area contributed by atoms with E-state index >= 15 is 0 Å². The lowest BCUT2D eigenvalue weighted by molar-refractivity contribution is 0.374. The van der Waals surface area contributed by atoms with E-state index in [1.54, 1.807) is 7.11 Å². The van der Waals surface area contributed by atoms with Gasteiger partial charge in [-0.1, -0.05) is 35.3 Å². The second kappa shape index (κ2) is 6.17. The van der Waals surface area contributed by atoms with Crippen LogP contribution in [0, 0.1) is 0 Å². The summed E-state index contributed by atoms with van der Waals surface area (Å²) in [5.74, 6) is 1.32. The van der Waals surface area contributed by atoms with Crippen LogP contribution in [0.1, 0.15) is 24.3 Å². The van der Waals surface area contributed by atoms with Crippen molar-refractivity contribution in [3.8, 4) is 5.75 Å². The third-order valence-electron chi connectivity index (χ3n) is 4.00. The van der Waals surface area contributed by atoms with Gasteiger partial charge >= 0.3 is 0 Å². The second-order valence-electron chi connectivity index (χ2n) is 5.41. The first-order valence-corrected chi connectivity index (χ1v) is 7.77. The van der Waals surface area contributed by atoms with Crippen LogP contribution in [0.5, 0.6) is 5.75 Å². The predicted octanol–water partition coefficient (Wildman–Crippen LogP) is 5.36. The van der Waals surface area contributed by atoms with Crippen LogP contribution in [0.2, 0.25) is 10.0 Å². The molecule has 0 bridgehead atoms. The first-order chi connectivity index (χ1) is 10.2. The molecular weight excluding hydrogens is 305 g/mol. The molecule has 3 rings (SSSR count). The highest BCUT2D eigenvalue weighted by Gasteiger charge is 2.30. The molecule has 0 atom stereocenters. The Morgan fingerprint density at radius 2 is 1.76 bits per heavy atom. The fourth-order valence-electron chi connectivity index (χ4n) is 2.73. The van der Waals surface area contributed by atoms with Crippen molar-refractivity contribution in [2.75, 3.05) is 12.4 Å². The second-order valence-corrected chi connectivity index (χ2v) is 6.25. The fourth-order valence-corrected chi connectivity index (χ4v) is 3.05. The van der Waals surface area contributed by atoms with Gasteiger partial charge in [-0.3, -0.25) is 0 Å².